The fourth-order valence-electron chi connectivity index (χ4n) is 4.11. The first kappa shape index (κ1) is 18.9. The minimum atomic E-state index is -0.0309. The summed E-state index contributed by atoms with van der Waals surface area (Å²) in [6.45, 7) is 2.84. The van der Waals surface area contributed by atoms with Crippen LogP contribution >= 0.6 is 11.6 Å². The zero-order valence-corrected chi connectivity index (χ0v) is 16.4. The second kappa shape index (κ2) is 8.72. The Kier molecular flexibility index (Phi) is 5.89. The third kappa shape index (κ3) is 3.89. The molecule has 1 aliphatic heterocycles. The van der Waals surface area contributed by atoms with Gasteiger partial charge in [-0.1, -0.05) is 48.4 Å². The van der Waals surface area contributed by atoms with Crippen LogP contribution in [-0.2, 0) is 9.53 Å². The number of halogens is 1. The molecule has 0 amide bonds. The molecule has 4 nitrogen and oxygen atoms in total. The number of ether oxygens (including phenoxy) is 1. The van der Waals surface area contributed by atoms with Gasteiger partial charge in [0, 0.05) is 16.6 Å². The van der Waals surface area contributed by atoms with E-state index >= 15 is 0 Å². The van der Waals surface area contributed by atoms with Gasteiger partial charge in [-0.25, -0.2) is 0 Å². The van der Waals surface area contributed by atoms with E-state index in [0.717, 1.165) is 53.5 Å². The highest BCUT2D eigenvalue weighted by Gasteiger charge is 2.27. The molecule has 0 spiro atoms. The SMILES string of the molecule is O=COCC(c1cnc2ccc(Cl)cc2c1-c1ccccc1)N1CCCCC1. The minimum Gasteiger partial charge on any atom is -0.466 e. The van der Waals surface area contributed by atoms with E-state index in [2.05, 4.69) is 17.0 Å². The average Bonchev–Trinajstić information content (AvgIpc) is 2.75. The van der Waals surface area contributed by atoms with E-state index in [-0.39, 0.29) is 6.04 Å². The van der Waals surface area contributed by atoms with Crippen LogP contribution in [0, 0.1) is 0 Å². The third-order valence-electron chi connectivity index (χ3n) is 5.43. The summed E-state index contributed by atoms with van der Waals surface area (Å²) in [4.78, 5) is 18.1. The van der Waals surface area contributed by atoms with Gasteiger partial charge in [-0.05, 0) is 60.8 Å². The zero-order chi connectivity index (χ0) is 19.3. The van der Waals surface area contributed by atoms with E-state index in [0.29, 0.717) is 18.1 Å². The van der Waals surface area contributed by atoms with E-state index in [1.165, 1.54) is 6.42 Å². The number of fused-ring (bicyclic) bond motifs is 1. The van der Waals surface area contributed by atoms with Crippen molar-refractivity contribution in [3.05, 3.63) is 65.3 Å². The van der Waals surface area contributed by atoms with E-state index < -0.39 is 0 Å². The molecule has 28 heavy (non-hydrogen) atoms. The molecule has 2 aromatic carbocycles. The van der Waals surface area contributed by atoms with Crippen LogP contribution in [0.15, 0.2) is 54.7 Å². The number of benzene rings is 2. The van der Waals surface area contributed by atoms with Crippen molar-refractivity contribution < 1.29 is 9.53 Å². The summed E-state index contributed by atoms with van der Waals surface area (Å²) in [6.07, 6.45) is 5.50. The van der Waals surface area contributed by atoms with E-state index in [4.69, 9.17) is 21.3 Å². The van der Waals surface area contributed by atoms with Crippen molar-refractivity contribution in [3.63, 3.8) is 0 Å². The Bertz CT molecular complexity index is 955. The van der Waals surface area contributed by atoms with Crippen LogP contribution in [0.2, 0.25) is 5.02 Å². The molecule has 0 aliphatic carbocycles. The van der Waals surface area contributed by atoms with Gasteiger partial charge in [0.1, 0.15) is 6.61 Å². The summed E-state index contributed by atoms with van der Waals surface area (Å²) in [5.74, 6) is 0. The first-order valence-corrected chi connectivity index (χ1v) is 10.1. The monoisotopic (exact) mass is 394 g/mol. The lowest BCUT2D eigenvalue weighted by atomic mass is 9.91. The van der Waals surface area contributed by atoms with Crippen molar-refractivity contribution in [2.24, 2.45) is 0 Å². The summed E-state index contributed by atoms with van der Waals surface area (Å²) in [7, 11) is 0. The Balaban J connectivity index is 1.91. The second-order valence-electron chi connectivity index (χ2n) is 7.16. The number of piperidine rings is 1. The van der Waals surface area contributed by atoms with Gasteiger partial charge in [0.25, 0.3) is 6.47 Å². The molecule has 1 aliphatic rings. The molecule has 1 atom stereocenters. The van der Waals surface area contributed by atoms with E-state index in [1.54, 1.807) is 0 Å². The predicted octanol–water partition coefficient (Wildman–Crippen LogP) is 5.26. The van der Waals surface area contributed by atoms with E-state index in [9.17, 15) is 4.79 Å². The van der Waals surface area contributed by atoms with Crippen LogP contribution in [0.25, 0.3) is 22.0 Å². The van der Waals surface area contributed by atoms with Gasteiger partial charge >= 0.3 is 0 Å². The standard InChI is InChI=1S/C23H23ClN2O2/c24-18-9-10-21-19(13-18)23(17-7-3-1-4-8-17)20(14-25-21)22(15-28-16-27)26-11-5-2-6-12-26/h1,3-4,7-10,13-14,16,22H,2,5-6,11-12,15H2. The van der Waals surface area contributed by atoms with Crippen molar-refractivity contribution in [1.82, 2.24) is 9.88 Å². The Morgan fingerprint density at radius 1 is 1.11 bits per heavy atom. The molecule has 5 heteroatoms. The number of rotatable bonds is 6. The molecule has 0 N–H and O–H groups in total. The van der Waals surface area contributed by atoms with E-state index in [1.807, 2.05) is 42.6 Å². The van der Waals surface area contributed by atoms with Crippen LogP contribution in [-0.4, -0.2) is 36.1 Å². The molecule has 0 saturated carbocycles. The largest absolute Gasteiger partial charge is 0.466 e. The average molecular weight is 395 g/mol. The smallest absolute Gasteiger partial charge is 0.293 e. The van der Waals surface area contributed by atoms with Crippen LogP contribution < -0.4 is 0 Å². The van der Waals surface area contributed by atoms with Crippen LogP contribution in [0.1, 0.15) is 30.9 Å². The summed E-state index contributed by atoms with van der Waals surface area (Å²) in [6, 6.07) is 16.0. The molecule has 1 aromatic heterocycles. The maximum Gasteiger partial charge on any atom is 0.293 e. The molecule has 1 unspecified atom stereocenters. The summed E-state index contributed by atoms with van der Waals surface area (Å²) < 4.78 is 5.25. The van der Waals surface area contributed by atoms with Gasteiger partial charge in [-0.2, -0.15) is 0 Å². The number of nitrogens with zero attached hydrogens (tertiary/aromatic N) is 2. The van der Waals surface area contributed by atoms with Gasteiger partial charge in [0.2, 0.25) is 0 Å². The molecule has 0 bridgehead atoms. The third-order valence-corrected chi connectivity index (χ3v) is 5.67. The van der Waals surface area contributed by atoms with Crippen LogP contribution in [0.3, 0.4) is 0 Å². The van der Waals surface area contributed by atoms with Crippen LogP contribution in [0.5, 0.6) is 0 Å². The van der Waals surface area contributed by atoms with Gasteiger partial charge < -0.3 is 4.74 Å². The van der Waals surface area contributed by atoms with Crippen molar-refractivity contribution in [2.45, 2.75) is 25.3 Å². The lowest BCUT2D eigenvalue weighted by molar-refractivity contribution is -0.130. The lowest BCUT2D eigenvalue weighted by Gasteiger charge is -2.35. The molecule has 3 aromatic rings. The first-order valence-electron chi connectivity index (χ1n) is 9.71. The quantitative estimate of drug-likeness (QED) is 0.535. The summed E-state index contributed by atoms with van der Waals surface area (Å²) in [5, 5.41) is 1.70. The number of hydrogen-bond acceptors (Lipinski definition) is 4. The summed E-state index contributed by atoms with van der Waals surface area (Å²) in [5.41, 5.74) is 4.20. The Morgan fingerprint density at radius 3 is 2.64 bits per heavy atom. The number of carbonyl (C=O) groups is 1. The summed E-state index contributed by atoms with van der Waals surface area (Å²) >= 11 is 6.33. The molecule has 1 saturated heterocycles. The highest BCUT2D eigenvalue weighted by Crippen LogP contribution is 2.38. The normalized spacial score (nSPS) is 16.0. The second-order valence-corrected chi connectivity index (χ2v) is 7.59. The Hall–Kier alpha value is -2.43. The molecule has 1 fully saturated rings. The molecule has 144 valence electrons. The van der Waals surface area contributed by atoms with Crippen molar-refractivity contribution >= 4 is 29.0 Å². The number of carbonyl (C=O) groups excluding carboxylic acids is 1. The Labute approximate surface area is 170 Å². The van der Waals surface area contributed by atoms with Crippen molar-refractivity contribution in [3.8, 4) is 11.1 Å². The number of aromatic nitrogens is 1. The first-order chi connectivity index (χ1) is 13.8. The van der Waals surface area contributed by atoms with Crippen LogP contribution in [0.4, 0.5) is 0 Å². The van der Waals surface area contributed by atoms with Crippen molar-refractivity contribution in [1.29, 1.82) is 0 Å². The highest BCUT2D eigenvalue weighted by molar-refractivity contribution is 6.31. The van der Waals surface area contributed by atoms with Gasteiger partial charge in [-0.15, -0.1) is 0 Å². The highest BCUT2D eigenvalue weighted by atomic mass is 35.5. The number of likely N-dealkylation sites (tertiary alicyclic amines) is 1. The molecular formula is C23H23ClN2O2. The number of hydrogen-bond donors (Lipinski definition) is 0. The zero-order valence-electron chi connectivity index (χ0n) is 15.7. The fourth-order valence-corrected chi connectivity index (χ4v) is 4.28. The topological polar surface area (TPSA) is 42.4 Å². The van der Waals surface area contributed by atoms with Gasteiger partial charge in [0.15, 0.2) is 0 Å². The molecular weight excluding hydrogens is 372 g/mol. The molecule has 4 rings (SSSR count). The van der Waals surface area contributed by atoms with Gasteiger partial charge in [0.05, 0.1) is 11.6 Å². The number of pyridine rings is 1. The fraction of sp³-hybridized carbons (Fsp3) is 0.304. The predicted molar refractivity (Wildman–Crippen MR) is 112 cm³/mol. The lowest BCUT2D eigenvalue weighted by Crippen LogP contribution is -2.36. The van der Waals surface area contributed by atoms with Crippen molar-refractivity contribution in [2.75, 3.05) is 19.7 Å². The minimum absolute atomic E-state index is 0.0309. The molecule has 2 heterocycles. The van der Waals surface area contributed by atoms with Gasteiger partial charge in [-0.3, -0.25) is 14.7 Å². The Morgan fingerprint density at radius 2 is 1.89 bits per heavy atom. The maximum atomic E-state index is 11.0. The molecule has 0 radical (unpaired) electrons. The maximum absolute atomic E-state index is 11.0.